The van der Waals surface area contributed by atoms with Crippen LogP contribution < -0.4 is 5.32 Å². The van der Waals surface area contributed by atoms with Crippen LogP contribution >= 0.6 is 15.9 Å². The monoisotopic (exact) mass is 397 g/mol. The molecular weight excluding hydrogens is 380 g/mol. The van der Waals surface area contributed by atoms with Crippen molar-refractivity contribution in [3.05, 3.63) is 69.7 Å². The number of rotatable bonds is 8. The van der Waals surface area contributed by atoms with Crippen molar-refractivity contribution in [1.29, 1.82) is 0 Å². The topological polar surface area (TPSA) is 49.3 Å². The van der Waals surface area contributed by atoms with E-state index in [0.29, 0.717) is 12.8 Å². The van der Waals surface area contributed by atoms with E-state index in [9.17, 15) is 13.6 Å². The first-order valence-electron chi connectivity index (χ1n) is 7.59. The molecule has 128 valence electrons. The number of halogens is 3. The summed E-state index contributed by atoms with van der Waals surface area (Å²) in [4.78, 5) is 10.8. The fourth-order valence-corrected chi connectivity index (χ4v) is 2.82. The summed E-state index contributed by atoms with van der Waals surface area (Å²) in [5.74, 6) is -2.16. The summed E-state index contributed by atoms with van der Waals surface area (Å²) in [5.41, 5.74) is 0.980. The molecule has 0 amide bonds. The summed E-state index contributed by atoms with van der Waals surface area (Å²) < 4.78 is 28.1. The second kappa shape index (κ2) is 8.89. The SMILES string of the molecule is O=C(O)CCC(Cc1ccccc1)NCc1c(F)ccc(Br)c1F. The standard InChI is InChI=1S/C18H18BrF2NO2/c19-15-7-8-16(20)14(18(15)21)11-22-13(6-9-17(23)24)10-12-4-2-1-3-5-12/h1-5,7-8,13,22H,6,9-11H2,(H,23,24). The van der Waals surface area contributed by atoms with Crippen molar-refractivity contribution >= 4 is 21.9 Å². The van der Waals surface area contributed by atoms with E-state index in [0.717, 1.165) is 5.56 Å². The Hall–Kier alpha value is -1.79. The largest absolute Gasteiger partial charge is 0.481 e. The molecule has 2 aromatic carbocycles. The zero-order valence-electron chi connectivity index (χ0n) is 12.9. The maximum atomic E-state index is 14.0. The first kappa shape index (κ1) is 18.5. The molecule has 0 saturated heterocycles. The first-order chi connectivity index (χ1) is 11.5. The molecule has 3 nitrogen and oxygen atoms in total. The predicted molar refractivity (Wildman–Crippen MR) is 91.7 cm³/mol. The van der Waals surface area contributed by atoms with Crippen LogP contribution in [0.2, 0.25) is 0 Å². The molecule has 0 spiro atoms. The van der Waals surface area contributed by atoms with E-state index >= 15 is 0 Å². The molecule has 0 aliphatic rings. The van der Waals surface area contributed by atoms with Gasteiger partial charge < -0.3 is 10.4 Å². The molecule has 24 heavy (non-hydrogen) atoms. The number of hydrogen-bond acceptors (Lipinski definition) is 2. The van der Waals surface area contributed by atoms with Gasteiger partial charge in [0.05, 0.1) is 4.47 Å². The van der Waals surface area contributed by atoms with Gasteiger partial charge in [0, 0.05) is 24.6 Å². The van der Waals surface area contributed by atoms with Gasteiger partial charge in [-0.15, -0.1) is 0 Å². The molecule has 6 heteroatoms. The number of benzene rings is 2. The Morgan fingerprint density at radius 2 is 1.88 bits per heavy atom. The van der Waals surface area contributed by atoms with E-state index in [-0.39, 0.29) is 29.0 Å². The van der Waals surface area contributed by atoms with Gasteiger partial charge in [-0.25, -0.2) is 8.78 Å². The summed E-state index contributed by atoms with van der Waals surface area (Å²) in [6.07, 6.45) is 0.959. The van der Waals surface area contributed by atoms with E-state index in [1.807, 2.05) is 30.3 Å². The molecule has 0 aromatic heterocycles. The lowest BCUT2D eigenvalue weighted by molar-refractivity contribution is -0.137. The van der Waals surface area contributed by atoms with Crippen LogP contribution in [0.25, 0.3) is 0 Å². The van der Waals surface area contributed by atoms with Crippen LogP contribution in [-0.4, -0.2) is 17.1 Å². The summed E-state index contributed by atoms with van der Waals surface area (Å²) in [6.45, 7) is -0.00573. The van der Waals surface area contributed by atoms with Crippen LogP contribution in [0, 0.1) is 11.6 Å². The highest BCUT2D eigenvalue weighted by Gasteiger charge is 2.16. The van der Waals surface area contributed by atoms with Crippen LogP contribution in [-0.2, 0) is 17.8 Å². The van der Waals surface area contributed by atoms with Crippen molar-refractivity contribution in [2.45, 2.75) is 31.8 Å². The Balaban J connectivity index is 2.07. The Morgan fingerprint density at radius 1 is 1.17 bits per heavy atom. The third kappa shape index (κ3) is 5.39. The third-order valence-corrected chi connectivity index (χ3v) is 4.35. The Bertz CT molecular complexity index is 695. The molecule has 0 aliphatic heterocycles. The molecule has 0 heterocycles. The van der Waals surface area contributed by atoms with Crippen molar-refractivity contribution in [3.8, 4) is 0 Å². The quantitative estimate of drug-likeness (QED) is 0.653. The number of carbonyl (C=O) groups is 1. The first-order valence-corrected chi connectivity index (χ1v) is 8.38. The maximum absolute atomic E-state index is 14.0. The van der Waals surface area contributed by atoms with Gasteiger partial charge in [-0.3, -0.25) is 4.79 Å². The van der Waals surface area contributed by atoms with Gasteiger partial charge in [0.2, 0.25) is 0 Å². The number of carboxylic acid groups (broad SMARTS) is 1. The molecule has 0 aliphatic carbocycles. The Labute approximate surface area is 147 Å². The van der Waals surface area contributed by atoms with Gasteiger partial charge >= 0.3 is 5.97 Å². The Morgan fingerprint density at radius 3 is 2.54 bits per heavy atom. The van der Waals surface area contributed by atoms with Gasteiger partial charge in [-0.2, -0.15) is 0 Å². The van der Waals surface area contributed by atoms with Gasteiger partial charge in [0.1, 0.15) is 11.6 Å². The molecule has 0 radical (unpaired) electrons. The van der Waals surface area contributed by atoms with Crippen molar-refractivity contribution < 1.29 is 18.7 Å². The summed E-state index contributed by atoms with van der Waals surface area (Å²) >= 11 is 3.04. The lowest BCUT2D eigenvalue weighted by Gasteiger charge is -2.19. The molecule has 2 N–H and O–H groups in total. The Kier molecular flexibility index (Phi) is 6.87. The van der Waals surface area contributed by atoms with Crippen LogP contribution in [0.5, 0.6) is 0 Å². The fourth-order valence-electron chi connectivity index (χ4n) is 2.45. The fraction of sp³-hybridized carbons (Fsp3) is 0.278. The average molecular weight is 398 g/mol. The molecule has 1 atom stereocenters. The van der Waals surface area contributed by atoms with Crippen LogP contribution in [0.4, 0.5) is 8.78 Å². The van der Waals surface area contributed by atoms with E-state index in [2.05, 4.69) is 21.2 Å². The van der Waals surface area contributed by atoms with E-state index in [4.69, 9.17) is 5.11 Å². The second-order valence-corrected chi connectivity index (χ2v) is 6.38. The van der Waals surface area contributed by atoms with Gasteiger partial charge in [0.25, 0.3) is 0 Å². The minimum atomic E-state index is -0.894. The zero-order valence-corrected chi connectivity index (χ0v) is 14.5. The van der Waals surface area contributed by atoms with E-state index < -0.39 is 17.6 Å². The van der Waals surface area contributed by atoms with Crippen LogP contribution in [0.3, 0.4) is 0 Å². The number of aliphatic carboxylic acids is 1. The van der Waals surface area contributed by atoms with Crippen LogP contribution in [0.1, 0.15) is 24.0 Å². The van der Waals surface area contributed by atoms with Crippen LogP contribution in [0.15, 0.2) is 46.9 Å². The van der Waals surface area contributed by atoms with Crippen molar-refractivity contribution in [3.63, 3.8) is 0 Å². The van der Waals surface area contributed by atoms with Gasteiger partial charge in [-0.1, -0.05) is 30.3 Å². The summed E-state index contributed by atoms with van der Waals surface area (Å²) in [6, 6.07) is 11.9. The lowest BCUT2D eigenvalue weighted by atomic mass is 10.0. The molecule has 2 aromatic rings. The molecule has 0 saturated carbocycles. The normalized spacial score (nSPS) is 12.1. The minimum absolute atomic E-state index is 0.00573. The highest BCUT2D eigenvalue weighted by atomic mass is 79.9. The lowest BCUT2D eigenvalue weighted by Crippen LogP contribution is -2.32. The van der Waals surface area contributed by atoms with E-state index in [1.165, 1.54) is 12.1 Å². The number of carboxylic acids is 1. The van der Waals surface area contributed by atoms with E-state index in [1.54, 1.807) is 0 Å². The van der Waals surface area contributed by atoms with Crippen molar-refractivity contribution in [2.75, 3.05) is 0 Å². The maximum Gasteiger partial charge on any atom is 0.303 e. The third-order valence-electron chi connectivity index (χ3n) is 3.74. The predicted octanol–water partition coefficient (Wildman–Crippen LogP) is 4.29. The summed E-state index contributed by atoms with van der Waals surface area (Å²) in [5, 5.41) is 12.0. The minimum Gasteiger partial charge on any atom is -0.481 e. The number of nitrogens with one attached hydrogen (secondary N) is 1. The molecule has 1 unspecified atom stereocenters. The van der Waals surface area contributed by atoms with Crippen molar-refractivity contribution in [1.82, 2.24) is 5.32 Å². The van der Waals surface area contributed by atoms with Gasteiger partial charge in [-0.05, 0) is 46.5 Å². The second-order valence-electron chi connectivity index (χ2n) is 5.52. The smallest absolute Gasteiger partial charge is 0.303 e. The highest BCUT2D eigenvalue weighted by Crippen LogP contribution is 2.22. The van der Waals surface area contributed by atoms with Gasteiger partial charge in [0.15, 0.2) is 0 Å². The zero-order chi connectivity index (χ0) is 17.5. The molecular formula is C18H18BrF2NO2. The average Bonchev–Trinajstić information content (AvgIpc) is 2.56. The summed E-state index contributed by atoms with van der Waals surface area (Å²) in [7, 11) is 0. The molecule has 0 fully saturated rings. The highest BCUT2D eigenvalue weighted by molar-refractivity contribution is 9.10. The van der Waals surface area contributed by atoms with Crippen molar-refractivity contribution in [2.24, 2.45) is 0 Å². The number of hydrogen-bond donors (Lipinski definition) is 2. The molecule has 0 bridgehead atoms. The molecule has 2 rings (SSSR count).